The van der Waals surface area contributed by atoms with E-state index in [1.165, 1.54) is 0 Å². The third-order valence-corrected chi connectivity index (χ3v) is 4.21. The molecule has 0 radical (unpaired) electrons. The fraction of sp³-hybridized carbons (Fsp3) is 0.471. The summed E-state index contributed by atoms with van der Waals surface area (Å²) in [4.78, 5) is 16.6. The van der Waals surface area contributed by atoms with Gasteiger partial charge in [0.15, 0.2) is 0 Å². The Hall–Kier alpha value is -1.97. The molecule has 0 unspecified atom stereocenters. The largest absolute Gasteiger partial charge is 0.491 e. The average molecular weight is 286 g/mol. The van der Waals surface area contributed by atoms with Crippen molar-refractivity contribution in [2.24, 2.45) is 5.92 Å². The van der Waals surface area contributed by atoms with Gasteiger partial charge < -0.3 is 14.5 Å². The van der Waals surface area contributed by atoms with E-state index in [2.05, 4.69) is 29.2 Å². The molecular weight excluding hydrogens is 264 g/mol. The number of amides is 1. The summed E-state index contributed by atoms with van der Waals surface area (Å²) >= 11 is 0. The van der Waals surface area contributed by atoms with Crippen LogP contribution in [0.3, 0.4) is 0 Å². The molecule has 0 fully saturated rings. The Kier molecular flexibility index (Phi) is 3.86. The topological polar surface area (TPSA) is 32.8 Å². The first kappa shape index (κ1) is 14.0. The highest BCUT2D eigenvalue weighted by atomic mass is 16.5. The monoisotopic (exact) mass is 286 g/mol. The predicted octanol–water partition coefficient (Wildman–Crippen LogP) is 2.44. The van der Waals surface area contributed by atoms with Crippen molar-refractivity contribution in [3.63, 3.8) is 0 Å². The van der Waals surface area contributed by atoms with Crippen molar-refractivity contribution in [1.82, 2.24) is 4.90 Å². The maximum atomic E-state index is 12.6. The van der Waals surface area contributed by atoms with E-state index in [4.69, 9.17) is 4.74 Å². The molecule has 3 rings (SSSR count). The lowest BCUT2D eigenvalue weighted by Gasteiger charge is -2.23. The Bertz CT molecular complexity index is 558. The van der Waals surface area contributed by atoms with Crippen LogP contribution in [-0.4, -0.2) is 38.1 Å². The number of fused-ring (bicyclic) bond motifs is 1. The van der Waals surface area contributed by atoms with Gasteiger partial charge in [0, 0.05) is 37.8 Å². The zero-order chi connectivity index (χ0) is 14.8. The van der Waals surface area contributed by atoms with Gasteiger partial charge in [-0.05, 0) is 31.0 Å². The molecule has 0 bridgehead atoms. The SMILES string of the molecule is CN(C)c1ccc2c(c1)CN(C(=O)C1CC=CC1)CCO2. The highest BCUT2D eigenvalue weighted by molar-refractivity contribution is 5.80. The number of carbonyl (C=O) groups excluding carboxylic acids is 1. The number of nitrogens with zero attached hydrogens (tertiary/aromatic N) is 2. The van der Waals surface area contributed by atoms with E-state index in [1.807, 2.05) is 25.1 Å². The van der Waals surface area contributed by atoms with Crippen LogP contribution >= 0.6 is 0 Å². The lowest BCUT2D eigenvalue weighted by molar-refractivity contribution is -0.135. The highest BCUT2D eigenvalue weighted by Crippen LogP contribution is 2.29. The van der Waals surface area contributed by atoms with Crippen molar-refractivity contribution in [2.45, 2.75) is 19.4 Å². The predicted molar refractivity (Wildman–Crippen MR) is 83.5 cm³/mol. The Balaban J connectivity index is 1.80. The van der Waals surface area contributed by atoms with Gasteiger partial charge in [0.05, 0.1) is 6.54 Å². The van der Waals surface area contributed by atoms with Crippen LogP contribution in [-0.2, 0) is 11.3 Å². The molecule has 0 atom stereocenters. The smallest absolute Gasteiger partial charge is 0.226 e. The van der Waals surface area contributed by atoms with Crippen molar-refractivity contribution in [3.05, 3.63) is 35.9 Å². The van der Waals surface area contributed by atoms with E-state index < -0.39 is 0 Å². The molecule has 1 aromatic rings. The van der Waals surface area contributed by atoms with E-state index in [9.17, 15) is 4.79 Å². The van der Waals surface area contributed by atoms with Crippen LogP contribution < -0.4 is 9.64 Å². The fourth-order valence-electron chi connectivity index (χ4n) is 2.92. The molecule has 0 saturated heterocycles. The number of benzene rings is 1. The maximum absolute atomic E-state index is 12.6. The Morgan fingerprint density at radius 1 is 1.29 bits per heavy atom. The molecular formula is C17H22N2O2. The summed E-state index contributed by atoms with van der Waals surface area (Å²) in [6, 6.07) is 6.18. The molecule has 4 nitrogen and oxygen atoms in total. The van der Waals surface area contributed by atoms with Crippen LogP contribution in [0.25, 0.3) is 0 Å². The second-order valence-corrected chi connectivity index (χ2v) is 5.93. The molecule has 0 aromatic heterocycles. The molecule has 1 aliphatic heterocycles. The van der Waals surface area contributed by atoms with Crippen molar-refractivity contribution in [2.75, 3.05) is 32.1 Å². The minimum absolute atomic E-state index is 0.128. The van der Waals surface area contributed by atoms with E-state index in [-0.39, 0.29) is 11.8 Å². The van der Waals surface area contributed by atoms with Gasteiger partial charge >= 0.3 is 0 Å². The summed E-state index contributed by atoms with van der Waals surface area (Å²) in [5.41, 5.74) is 2.23. The number of hydrogen-bond donors (Lipinski definition) is 0. The summed E-state index contributed by atoms with van der Waals surface area (Å²) < 4.78 is 5.80. The quantitative estimate of drug-likeness (QED) is 0.783. The number of carbonyl (C=O) groups is 1. The van der Waals surface area contributed by atoms with Gasteiger partial charge in [-0.3, -0.25) is 4.79 Å². The third kappa shape index (κ3) is 2.89. The first-order valence-corrected chi connectivity index (χ1v) is 7.52. The van der Waals surface area contributed by atoms with Crippen LogP contribution in [0.15, 0.2) is 30.4 Å². The Morgan fingerprint density at radius 3 is 2.76 bits per heavy atom. The van der Waals surface area contributed by atoms with Crippen molar-refractivity contribution < 1.29 is 9.53 Å². The minimum Gasteiger partial charge on any atom is -0.491 e. The third-order valence-electron chi connectivity index (χ3n) is 4.21. The summed E-state index contributed by atoms with van der Waals surface area (Å²) in [5.74, 6) is 1.29. The second-order valence-electron chi connectivity index (χ2n) is 5.93. The van der Waals surface area contributed by atoms with Crippen LogP contribution in [0.4, 0.5) is 5.69 Å². The maximum Gasteiger partial charge on any atom is 0.226 e. The van der Waals surface area contributed by atoms with E-state index >= 15 is 0 Å². The van der Waals surface area contributed by atoms with Gasteiger partial charge in [0.25, 0.3) is 0 Å². The zero-order valence-electron chi connectivity index (χ0n) is 12.7. The molecule has 0 spiro atoms. The lowest BCUT2D eigenvalue weighted by atomic mass is 10.0. The molecule has 0 saturated carbocycles. The van der Waals surface area contributed by atoms with Gasteiger partial charge in [-0.2, -0.15) is 0 Å². The van der Waals surface area contributed by atoms with E-state index in [1.54, 1.807) is 0 Å². The Labute approximate surface area is 126 Å². The normalized spacial score (nSPS) is 18.1. The molecule has 1 aromatic carbocycles. The number of anilines is 1. The van der Waals surface area contributed by atoms with Crippen LogP contribution in [0.2, 0.25) is 0 Å². The lowest BCUT2D eigenvalue weighted by Crippen LogP contribution is -2.36. The average Bonchev–Trinajstić information content (AvgIpc) is 2.92. The van der Waals surface area contributed by atoms with Gasteiger partial charge in [-0.1, -0.05) is 12.2 Å². The van der Waals surface area contributed by atoms with Gasteiger partial charge in [0.1, 0.15) is 12.4 Å². The van der Waals surface area contributed by atoms with Crippen LogP contribution in [0.1, 0.15) is 18.4 Å². The second kappa shape index (κ2) is 5.80. The number of ether oxygens (including phenoxy) is 1. The molecule has 21 heavy (non-hydrogen) atoms. The summed E-state index contributed by atoms with van der Waals surface area (Å²) in [7, 11) is 4.04. The van der Waals surface area contributed by atoms with Crippen molar-refractivity contribution in [3.8, 4) is 5.75 Å². The Morgan fingerprint density at radius 2 is 2.05 bits per heavy atom. The summed E-state index contributed by atoms with van der Waals surface area (Å²) in [5, 5.41) is 0. The minimum atomic E-state index is 0.128. The van der Waals surface area contributed by atoms with Gasteiger partial charge in [-0.25, -0.2) is 0 Å². The summed E-state index contributed by atoms with van der Waals surface area (Å²) in [6.45, 7) is 1.88. The molecule has 1 amide bonds. The first-order chi connectivity index (χ1) is 10.1. The number of hydrogen-bond acceptors (Lipinski definition) is 3. The molecule has 4 heteroatoms. The standard InChI is InChI=1S/C17H22N2O2/c1-18(2)15-7-8-16-14(11-15)12-19(9-10-21-16)17(20)13-5-3-4-6-13/h3-4,7-8,11,13H,5-6,9-10,12H2,1-2H3. The van der Waals surface area contributed by atoms with Crippen LogP contribution in [0.5, 0.6) is 5.75 Å². The van der Waals surface area contributed by atoms with E-state index in [0.29, 0.717) is 19.7 Å². The van der Waals surface area contributed by atoms with Gasteiger partial charge in [0.2, 0.25) is 5.91 Å². The number of rotatable bonds is 2. The molecule has 112 valence electrons. The van der Waals surface area contributed by atoms with E-state index in [0.717, 1.165) is 29.8 Å². The fourth-order valence-corrected chi connectivity index (χ4v) is 2.92. The number of allylic oxidation sites excluding steroid dienone is 2. The van der Waals surface area contributed by atoms with Crippen molar-refractivity contribution >= 4 is 11.6 Å². The molecule has 0 N–H and O–H groups in total. The molecule has 1 heterocycles. The van der Waals surface area contributed by atoms with Crippen molar-refractivity contribution in [1.29, 1.82) is 0 Å². The first-order valence-electron chi connectivity index (χ1n) is 7.52. The zero-order valence-corrected chi connectivity index (χ0v) is 12.7. The summed E-state index contributed by atoms with van der Waals surface area (Å²) in [6.07, 6.45) is 5.96. The molecule has 2 aliphatic rings. The highest BCUT2D eigenvalue weighted by Gasteiger charge is 2.27. The molecule has 1 aliphatic carbocycles. The van der Waals surface area contributed by atoms with Gasteiger partial charge in [-0.15, -0.1) is 0 Å². The van der Waals surface area contributed by atoms with Crippen LogP contribution in [0, 0.1) is 5.92 Å².